The summed E-state index contributed by atoms with van der Waals surface area (Å²) in [6.45, 7) is 7.06. The largest absolute Gasteiger partial charge is 0.497 e. The van der Waals surface area contributed by atoms with Crippen LogP contribution in [0.1, 0.15) is 29.2 Å². The lowest BCUT2D eigenvalue weighted by Crippen LogP contribution is -2.54. The molecular weight excluding hydrogens is 582 g/mol. The zero-order valence-corrected chi connectivity index (χ0v) is 26.7. The Bertz CT molecular complexity index is 1710. The number of hydrogen-bond acceptors (Lipinski definition) is 9. The number of aryl methyl sites for hydroxylation is 1. The van der Waals surface area contributed by atoms with Crippen LogP contribution in [0.2, 0.25) is 0 Å². The Morgan fingerprint density at radius 2 is 1.48 bits per heavy atom. The predicted molar refractivity (Wildman–Crippen MR) is 176 cm³/mol. The number of rotatable bonds is 10. The van der Waals surface area contributed by atoms with Crippen LogP contribution >= 0.6 is 0 Å². The second-order valence-electron chi connectivity index (χ2n) is 11.5. The second kappa shape index (κ2) is 13.8. The van der Waals surface area contributed by atoms with Gasteiger partial charge in [0, 0.05) is 44.3 Å². The second-order valence-corrected chi connectivity index (χ2v) is 11.5. The van der Waals surface area contributed by atoms with E-state index in [2.05, 4.69) is 46.1 Å². The molecule has 1 amide bonds. The molecule has 11 nitrogen and oxygen atoms in total. The van der Waals surface area contributed by atoms with Crippen molar-refractivity contribution >= 4 is 23.6 Å². The van der Waals surface area contributed by atoms with Crippen molar-refractivity contribution in [3.05, 3.63) is 107 Å². The molecule has 0 saturated carbocycles. The molecule has 6 rings (SSSR count). The van der Waals surface area contributed by atoms with Gasteiger partial charge < -0.3 is 28.9 Å². The van der Waals surface area contributed by atoms with Gasteiger partial charge in [0.25, 0.3) is 0 Å². The van der Waals surface area contributed by atoms with Crippen molar-refractivity contribution in [1.29, 1.82) is 0 Å². The maximum absolute atomic E-state index is 12.9. The van der Waals surface area contributed by atoms with E-state index in [-0.39, 0.29) is 18.7 Å². The first kappa shape index (κ1) is 30.7. The number of carbonyl (C=O) groups excluding carboxylic acids is 1. The fraction of sp³-hybridized carbons (Fsp3) is 0.314. The Morgan fingerprint density at radius 1 is 0.848 bits per heavy atom. The molecule has 0 spiro atoms. The Hall–Kier alpha value is -5.32. The molecule has 0 N–H and O–H groups in total. The van der Waals surface area contributed by atoms with Gasteiger partial charge >= 0.3 is 6.09 Å². The van der Waals surface area contributed by atoms with Crippen LogP contribution in [0.4, 0.5) is 16.7 Å². The number of carbonyl (C=O) groups is 1. The first-order valence-corrected chi connectivity index (χ1v) is 15.4. The minimum Gasteiger partial charge on any atom is -0.497 e. The van der Waals surface area contributed by atoms with Gasteiger partial charge in [0.1, 0.15) is 18.1 Å². The van der Waals surface area contributed by atoms with Crippen LogP contribution in [0.3, 0.4) is 0 Å². The van der Waals surface area contributed by atoms with Crippen LogP contribution in [0.5, 0.6) is 11.5 Å². The van der Waals surface area contributed by atoms with Crippen molar-refractivity contribution in [2.75, 3.05) is 43.7 Å². The summed E-state index contributed by atoms with van der Waals surface area (Å²) in [4.78, 5) is 29.2. The van der Waals surface area contributed by atoms with Crippen LogP contribution in [0.15, 0.2) is 85.1 Å². The Morgan fingerprint density at radius 3 is 2.07 bits per heavy atom. The highest BCUT2D eigenvalue weighted by Gasteiger charge is 2.31. The van der Waals surface area contributed by atoms with E-state index in [4.69, 9.17) is 24.2 Å². The third kappa shape index (κ3) is 6.83. The lowest BCUT2D eigenvalue weighted by atomic mass is 10.1. The van der Waals surface area contributed by atoms with Crippen molar-refractivity contribution in [2.24, 2.45) is 0 Å². The van der Waals surface area contributed by atoms with Crippen LogP contribution in [-0.4, -0.2) is 70.5 Å². The van der Waals surface area contributed by atoms with Gasteiger partial charge in [-0.1, -0.05) is 54.6 Å². The first-order chi connectivity index (χ1) is 22.4. The fourth-order valence-electron chi connectivity index (χ4n) is 5.63. The smallest absolute Gasteiger partial charge is 0.410 e. The molecule has 2 aromatic heterocycles. The van der Waals surface area contributed by atoms with Gasteiger partial charge in [-0.05, 0) is 54.8 Å². The highest BCUT2D eigenvalue weighted by molar-refractivity contribution is 5.68. The van der Waals surface area contributed by atoms with Gasteiger partial charge in [0.2, 0.25) is 11.9 Å². The minimum atomic E-state index is -0.316. The molecule has 1 aliphatic heterocycles. The van der Waals surface area contributed by atoms with Gasteiger partial charge in [-0.3, -0.25) is 0 Å². The summed E-state index contributed by atoms with van der Waals surface area (Å²) in [5, 5.41) is 4.69. The molecule has 0 radical (unpaired) electrons. The molecule has 1 fully saturated rings. The number of nitrogens with zero attached hydrogens (tertiary/aromatic N) is 7. The number of hydrogen-bond donors (Lipinski definition) is 0. The summed E-state index contributed by atoms with van der Waals surface area (Å²) in [5.41, 5.74) is 4.85. The average Bonchev–Trinajstić information content (AvgIpc) is 3.47. The maximum Gasteiger partial charge on any atom is 0.410 e. The van der Waals surface area contributed by atoms with Gasteiger partial charge in [-0.2, -0.15) is 19.6 Å². The number of amides is 1. The highest BCUT2D eigenvalue weighted by atomic mass is 16.6. The van der Waals surface area contributed by atoms with E-state index in [0.29, 0.717) is 44.6 Å². The molecular formula is C35H39N7O4. The first-order valence-electron chi connectivity index (χ1n) is 15.4. The molecule has 1 aliphatic rings. The van der Waals surface area contributed by atoms with Gasteiger partial charge in [0.05, 0.1) is 20.4 Å². The van der Waals surface area contributed by atoms with Gasteiger partial charge in [0.15, 0.2) is 5.65 Å². The van der Waals surface area contributed by atoms with Gasteiger partial charge in [-0.25, -0.2) is 4.79 Å². The molecule has 1 atom stereocenters. The summed E-state index contributed by atoms with van der Waals surface area (Å²) in [6.07, 6.45) is 1.50. The number of ether oxygens (including phenoxy) is 3. The van der Waals surface area contributed by atoms with Crippen LogP contribution in [0.25, 0.3) is 5.65 Å². The van der Waals surface area contributed by atoms with Gasteiger partial charge in [-0.15, -0.1) is 0 Å². The monoisotopic (exact) mass is 621 g/mol. The molecule has 5 aromatic rings. The molecule has 0 bridgehead atoms. The van der Waals surface area contributed by atoms with E-state index in [1.54, 1.807) is 19.1 Å². The lowest BCUT2D eigenvalue weighted by molar-refractivity contribution is 0.0897. The molecule has 3 aromatic carbocycles. The predicted octanol–water partition coefficient (Wildman–Crippen LogP) is 5.50. The van der Waals surface area contributed by atoms with Crippen molar-refractivity contribution in [1.82, 2.24) is 24.5 Å². The molecule has 1 saturated heterocycles. The summed E-state index contributed by atoms with van der Waals surface area (Å²) in [6, 6.07) is 25.8. The number of anilines is 2. The molecule has 3 heterocycles. The third-order valence-corrected chi connectivity index (χ3v) is 8.21. The van der Waals surface area contributed by atoms with E-state index < -0.39 is 0 Å². The normalized spacial score (nSPS) is 14.7. The van der Waals surface area contributed by atoms with Crippen LogP contribution < -0.4 is 19.3 Å². The number of aromatic nitrogens is 4. The summed E-state index contributed by atoms with van der Waals surface area (Å²) in [5.74, 6) is 2.89. The SMILES string of the molecule is COc1ccc(CN(Cc2ccc(OC)cc2)c2nc(N3CCN(C(=O)OCc4ccccc4)CC3C)nc3c(C)cnn23)cc1. The third-order valence-electron chi connectivity index (χ3n) is 8.21. The van der Waals surface area contributed by atoms with E-state index >= 15 is 0 Å². The van der Waals surface area contributed by atoms with E-state index in [1.807, 2.05) is 72.2 Å². The van der Waals surface area contributed by atoms with Crippen LogP contribution in [-0.2, 0) is 24.4 Å². The maximum atomic E-state index is 12.9. The van der Waals surface area contributed by atoms with Crippen LogP contribution in [0, 0.1) is 6.92 Å². The zero-order valence-electron chi connectivity index (χ0n) is 26.7. The molecule has 238 valence electrons. The van der Waals surface area contributed by atoms with E-state index in [9.17, 15) is 4.79 Å². The number of fused-ring (bicyclic) bond motifs is 1. The standard InChI is InChI=1S/C35H39N7O4/c1-25-20-36-42-32(25)37-33(41-19-18-39(21-26(41)2)35(43)46-24-29-8-6-5-7-9-29)38-34(42)40(22-27-10-14-30(44-3)15-11-27)23-28-12-16-31(45-4)17-13-28/h5-17,20,26H,18-19,21-24H2,1-4H3. The van der Waals surface area contributed by atoms with Crippen molar-refractivity contribution in [3.8, 4) is 11.5 Å². The molecule has 1 unspecified atom stereocenters. The van der Waals surface area contributed by atoms with E-state index in [1.165, 1.54) is 0 Å². The van der Waals surface area contributed by atoms with E-state index in [0.717, 1.165) is 39.4 Å². The topological polar surface area (TPSA) is 97.6 Å². The molecule has 0 aliphatic carbocycles. The summed E-state index contributed by atoms with van der Waals surface area (Å²) < 4.78 is 18.2. The quantitative estimate of drug-likeness (QED) is 0.200. The van der Waals surface area contributed by atoms with Crippen molar-refractivity contribution in [3.63, 3.8) is 0 Å². The summed E-state index contributed by atoms with van der Waals surface area (Å²) in [7, 11) is 3.33. The number of benzene rings is 3. The van der Waals surface area contributed by atoms with Crippen molar-refractivity contribution < 1.29 is 19.0 Å². The fourth-order valence-corrected chi connectivity index (χ4v) is 5.63. The minimum absolute atomic E-state index is 0.0341. The molecule has 46 heavy (non-hydrogen) atoms. The Balaban J connectivity index is 1.28. The average molecular weight is 622 g/mol. The summed E-state index contributed by atoms with van der Waals surface area (Å²) >= 11 is 0. The molecule has 11 heteroatoms. The Labute approximate surface area is 269 Å². The lowest BCUT2D eigenvalue weighted by Gasteiger charge is -2.39. The Kier molecular flexibility index (Phi) is 9.18. The number of methoxy groups -OCH3 is 2. The van der Waals surface area contributed by atoms with Crippen molar-refractivity contribution in [2.45, 2.75) is 39.6 Å². The zero-order chi connectivity index (χ0) is 32.0. The highest BCUT2D eigenvalue weighted by Crippen LogP contribution is 2.27. The number of piperazine rings is 1.